The topological polar surface area (TPSA) is 93.0 Å². The minimum Gasteiger partial charge on any atom is -0.504 e. The lowest BCUT2D eigenvalue weighted by Crippen LogP contribution is -2.05. The van der Waals surface area contributed by atoms with Gasteiger partial charge in [0, 0.05) is 12.1 Å². The van der Waals surface area contributed by atoms with E-state index in [0.29, 0.717) is 5.56 Å². The fraction of sp³-hybridized carbons (Fsp3) is 0.143. The van der Waals surface area contributed by atoms with Crippen molar-refractivity contribution < 1.29 is 20.5 Å². The Bertz CT molecular complexity index is 287. The van der Waals surface area contributed by atoms with Gasteiger partial charge in [0.15, 0.2) is 11.5 Å². The minimum atomic E-state index is -0.581. The van der Waals surface area contributed by atoms with E-state index in [9.17, 15) is 0 Å². The van der Waals surface area contributed by atoms with Crippen molar-refractivity contribution >= 4 is 0 Å². The number of benzene rings is 1. The van der Waals surface area contributed by atoms with E-state index in [1.165, 1.54) is 12.1 Å². The molecule has 5 nitrogen and oxygen atoms in total. The van der Waals surface area contributed by atoms with Crippen LogP contribution in [0.1, 0.15) is 5.56 Å². The molecule has 1 rings (SSSR count). The highest BCUT2D eigenvalue weighted by atomic mass is 16.5. The highest BCUT2D eigenvalue weighted by Gasteiger charge is 2.09. The van der Waals surface area contributed by atoms with Crippen molar-refractivity contribution in [2.24, 2.45) is 0 Å². The molecule has 0 saturated heterocycles. The first kappa shape index (κ1) is 8.63. The molecule has 0 heterocycles. The standard InChI is InChI=1S/C7H9NO4/c9-5-2-1-4(3-8-12)6(10)7(5)11/h1-2,8-12H,3H2. The maximum absolute atomic E-state index is 9.15. The number of hydrogen-bond acceptors (Lipinski definition) is 5. The third-order valence-corrected chi connectivity index (χ3v) is 1.48. The van der Waals surface area contributed by atoms with Crippen molar-refractivity contribution in [3.05, 3.63) is 17.7 Å². The monoisotopic (exact) mass is 171 g/mol. The normalized spacial score (nSPS) is 10.1. The third-order valence-electron chi connectivity index (χ3n) is 1.48. The minimum absolute atomic E-state index is 0.000324. The Hall–Kier alpha value is -1.46. The first-order valence-corrected chi connectivity index (χ1v) is 3.26. The Kier molecular flexibility index (Phi) is 2.37. The van der Waals surface area contributed by atoms with Crippen LogP contribution in [-0.4, -0.2) is 20.5 Å². The summed E-state index contributed by atoms with van der Waals surface area (Å²) in [5.74, 6) is -1.41. The second kappa shape index (κ2) is 3.29. The lowest BCUT2D eigenvalue weighted by atomic mass is 10.2. The van der Waals surface area contributed by atoms with E-state index in [4.69, 9.17) is 20.5 Å². The van der Waals surface area contributed by atoms with Crippen LogP contribution in [0.15, 0.2) is 12.1 Å². The molecule has 1 aromatic rings. The molecule has 12 heavy (non-hydrogen) atoms. The summed E-state index contributed by atoms with van der Waals surface area (Å²) in [6.45, 7) is -0.000324. The van der Waals surface area contributed by atoms with Crippen molar-refractivity contribution in [2.75, 3.05) is 0 Å². The number of aromatic hydroxyl groups is 3. The molecule has 0 bridgehead atoms. The van der Waals surface area contributed by atoms with Crippen LogP contribution in [0.2, 0.25) is 0 Å². The maximum atomic E-state index is 9.15. The van der Waals surface area contributed by atoms with Crippen LogP contribution in [0.4, 0.5) is 0 Å². The van der Waals surface area contributed by atoms with E-state index in [1.54, 1.807) is 0 Å². The van der Waals surface area contributed by atoms with Crippen LogP contribution in [0.25, 0.3) is 0 Å². The Labute approximate surface area is 68.5 Å². The fourth-order valence-electron chi connectivity index (χ4n) is 0.839. The van der Waals surface area contributed by atoms with Gasteiger partial charge in [-0.15, -0.1) is 0 Å². The highest BCUT2D eigenvalue weighted by molar-refractivity contribution is 5.52. The van der Waals surface area contributed by atoms with E-state index in [1.807, 2.05) is 5.48 Å². The number of hydrogen-bond donors (Lipinski definition) is 5. The van der Waals surface area contributed by atoms with Gasteiger partial charge in [0.2, 0.25) is 5.75 Å². The van der Waals surface area contributed by atoms with E-state index in [-0.39, 0.29) is 6.54 Å². The maximum Gasteiger partial charge on any atom is 0.200 e. The largest absolute Gasteiger partial charge is 0.504 e. The zero-order chi connectivity index (χ0) is 9.14. The summed E-state index contributed by atoms with van der Waals surface area (Å²) in [5, 5.41) is 35.4. The van der Waals surface area contributed by atoms with Gasteiger partial charge in [-0.1, -0.05) is 0 Å². The van der Waals surface area contributed by atoms with E-state index in [2.05, 4.69) is 0 Å². The van der Waals surface area contributed by atoms with Crippen LogP contribution in [0.5, 0.6) is 17.2 Å². The van der Waals surface area contributed by atoms with Gasteiger partial charge >= 0.3 is 0 Å². The molecule has 0 fully saturated rings. The van der Waals surface area contributed by atoms with Crippen molar-refractivity contribution in [3.8, 4) is 17.2 Å². The molecule has 0 aliphatic carbocycles. The average molecular weight is 171 g/mol. The van der Waals surface area contributed by atoms with Crippen molar-refractivity contribution in [3.63, 3.8) is 0 Å². The van der Waals surface area contributed by atoms with Crippen LogP contribution < -0.4 is 5.48 Å². The Morgan fingerprint density at radius 2 is 1.75 bits per heavy atom. The molecule has 0 radical (unpaired) electrons. The zero-order valence-electron chi connectivity index (χ0n) is 6.15. The van der Waals surface area contributed by atoms with Crippen LogP contribution in [0.3, 0.4) is 0 Å². The van der Waals surface area contributed by atoms with Gasteiger partial charge in [-0.25, -0.2) is 5.48 Å². The predicted octanol–water partition coefficient (Wildman–Crippen LogP) is 0.282. The Morgan fingerprint density at radius 1 is 1.08 bits per heavy atom. The summed E-state index contributed by atoms with van der Waals surface area (Å²) >= 11 is 0. The van der Waals surface area contributed by atoms with E-state index >= 15 is 0 Å². The summed E-state index contributed by atoms with van der Waals surface area (Å²) in [6, 6.07) is 2.61. The van der Waals surface area contributed by atoms with Gasteiger partial charge in [-0.2, -0.15) is 0 Å². The molecule has 0 atom stereocenters. The van der Waals surface area contributed by atoms with Gasteiger partial charge in [0.25, 0.3) is 0 Å². The number of phenols is 3. The van der Waals surface area contributed by atoms with Crippen LogP contribution in [0, 0.1) is 0 Å². The first-order chi connectivity index (χ1) is 5.66. The first-order valence-electron chi connectivity index (χ1n) is 3.26. The van der Waals surface area contributed by atoms with Crippen molar-refractivity contribution in [2.45, 2.75) is 6.54 Å². The van der Waals surface area contributed by atoms with Gasteiger partial charge in [0.1, 0.15) is 0 Å². The van der Waals surface area contributed by atoms with Crippen LogP contribution in [-0.2, 0) is 6.54 Å². The summed E-state index contributed by atoms with van der Waals surface area (Å²) in [5.41, 5.74) is 2.12. The van der Waals surface area contributed by atoms with Gasteiger partial charge < -0.3 is 20.5 Å². The predicted molar refractivity (Wildman–Crippen MR) is 40.1 cm³/mol. The second-order valence-electron chi connectivity index (χ2n) is 2.28. The van der Waals surface area contributed by atoms with Gasteiger partial charge in [0.05, 0.1) is 0 Å². The second-order valence-corrected chi connectivity index (χ2v) is 2.28. The molecule has 0 unspecified atom stereocenters. The molecular formula is C7H9NO4. The summed E-state index contributed by atoms with van der Waals surface area (Å²) < 4.78 is 0. The molecule has 0 aliphatic rings. The van der Waals surface area contributed by atoms with Gasteiger partial charge in [-0.05, 0) is 12.1 Å². The molecule has 0 amide bonds. The molecule has 0 aliphatic heterocycles. The molecule has 66 valence electrons. The molecule has 5 N–H and O–H groups in total. The molecular weight excluding hydrogens is 162 g/mol. The van der Waals surface area contributed by atoms with Crippen molar-refractivity contribution in [1.82, 2.24) is 5.48 Å². The fourth-order valence-corrected chi connectivity index (χ4v) is 0.839. The van der Waals surface area contributed by atoms with Gasteiger partial charge in [-0.3, -0.25) is 0 Å². The number of hydroxylamine groups is 1. The number of nitrogens with one attached hydrogen (secondary N) is 1. The van der Waals surface area contributed by atoms with E-state index in [0.717, 1.165) is 0 Å². The summed E-state index contributed by atoms with van der Waals surface area (Å²) in [7, 11) is 0. The average Bonchev–Trinajstić information content (AvgIpc) is 2.07. The van der Waals surface area contributed by atoms with E-state index < -0.39 is 17.2 Å². The molecule has 5 heteroatoms. The lowest BCUT2D eigenvalue weighted by Gasteiger charge is -2.05. The molecule has 0 saturated carbocycles. The number of rotatable bonds is 2. The third kappa shape index (κ3) is 1.41. The van der Waals surface area contributed by atoms with Crippen LogP contribution >= 0.6 is 0 Å². The zero-order valence-corrected chi connectivity index (χ0v) is 6.15. The smallest absolute Gasteiger partial charge is 0.200 e. The lowest BCUT2D eigenvalue weighted by molar-refractivity contribution is 0.160. The molecule has 0 spiro atoms. The highest BCUT2D eigenvalue weighted by Crippen LogP contribution is 2.36. The molecule has 0 aromatic heterocycles. The quantitative estimate of drug-likeness (QED) is 0.325. The van der Waals surface area contributed by atoms with Crippen molar-refractivity contribution in [1.29, 1.82) is 0 Å². The molecule has 1 aromatic carbocycles. The Morgan fingerprint density at radius 3 is 2.33 bits per heavy atom. The summed E-state index contributed by atoms with van der Waals surface area (Å²) in [6.07, 6.45) is 0. The summed E-state index contributed by atoms with van der Waals surface area (Å²) in [4.78, 5) is 0. The Balaban J connectivity index is 3.08. The number of phenolic OH excluding ortho intramolecular Hbond substituents is 3. The SMILES string of the molecule is ONCc1ccc(O)c(O)c1O.